The summed E-state index contributed by atoms with van der Waals surface area (Å²) in [6.07, 6.45) is 10.4. The number of carbonyl (C=O) groups excluding carboxylic acids is 3. The zero-order valence-electron chi connectivity index (χ0n) is 31.0. The van der Waals surface area contributed by atoms with E-state index in [1.54, 1.807) is 18.2 Å². The average Bonchev–Trinajstić information content (AvgIpc) is 3.52. The van der Waals surface area contributed by atoms with Gasteiger partial charge in [-0.05, 0) is 71.3 Å². The highest BCUT2D eigenvalue weighted by atomic mass is 16.2. The summed E-state index contributed by atoms with van der Waals surface area (Å²) in [6, 6.07) is 24.6. The number of benzene rings is 3. The fourth-order valence-electron chi connectivity index (χ4n) is 8.59. The first-order chi connectivity index (χ1) is 24.1. The van der Waals surface area contributed by atoms with Gasteiger partial charge in [-0.25, -0.2) is 0 Å². The summed E-state index contributed by atoms with van der Waals surface area (Å²) in [5.41, 5.74) is 8.46. The van der Waals surface area contributed by atoms with Crippen LogP contribution in [0.25, 0.3) is 0 Å². The lowest BCUT2D eigenvalue weighted by Gasteiger charge is -2.25. The smallest absolute Gasteiger partial charge is 0.200 e. The van der Waals surface area contributed by atoms with E-state index in [1.165, 1.54) is 16.7 Å². The second-order valence-corrected chi connectivity index (χ2v) is 15.5. The van der Waals surface area contributed by atoms with Crippen LogP contribution in [0.3, 0.4) is 0 Å². The van der Waals surface area contributed by atoms with Crippen LogP contribution in [0.2, 0.25) is 0 Å². The Balaban J connectivity index is 1.35. The molecule has 4 aliphatic rings. The molecule has 6 nitrogen and oxygen atoms in total. The van der Waals surface area contributed by atoms with Crippen molar-refractivity contribution < 1.29 is 14.4 Å². The van der Waals surface area contributed by atoms with E-state index < -0.39 is 17.3 Å². The SMILES string of the molecule is CN1/C(=C/C=C2C(=O)C(=C/C=C3/N(C)c4ccccc4C3(C)C)C(=O)C(=C/C=C3/N(C)c4ccccc4C3(C)C)C2=O)C(C)(C)c2ccccc21. The quantitative estimate of drug-likeness (QED) is 0.205. The van der Waals surface area contributed by atoms with E-state index >= 15 is 0 Å². The summed E-state index contributed by atoms with van der Waals surface area (Å²) in [6.45, 7) is 12.8. The lowest BCUT2D eigenvalue weighted by molar-refractivity contribution is -0.124. The minimum atomic E-state index is -0.568. The Bertz CT molecular complexity index is 1960. The van der Waals surface area contributed by atoms with Gasteiger partial charge in [0.05, 0.1) is 16.7 Å². The Morgan fingerprint density at radius 3 is 0.863 bits per heavy atom. The van der Waals surface area contributed by atoms with Crippen LogP contribution in [0.1, 0.15) is 58.2 Å². The predicted octanol–water partition coefficient (Wildman–Crippen LogP) is 8.42. The summed E-state index contributed by atoms with van der Waals surface area (Å²) < 4.78 is 0. The van der Waals surface area contributed by atoms with Gasteiger partial charge in [0.25, 0.3) is 0 Å². The van der Waals surface area contributed by atoms with Gasteiger partial charge in [0, 0.05) is 71.5 Å². The number of para-hydroxylation sites is 3. The van der Waals surface area contributed by atoms with Crippen molar-refractivity contribution >= 4 is 34.4 Å². The summed E-state index contributed by atoms with van der Waals surface area (Å²) in [7, 11) is 5.99. The van der Waals surface area contributed by atoms with Gasteiger partial charge in [-0.3, -0.25) is 14.4 Å². The molecule has 0 amide bonds. The molecule has 0 saturated heterocycles. The molecule has 6 heteroatoms. The van der Waals surface area contributed by atoms with E-state index in [2.05, 4.69) is 92.6 Å². The topological polar surface area (TPSA) is 60.9 Å². The van der Waals surface area contributed by atoms with Gasteiger partial charge in [-0.1, -0.05) is 96.1 Å². The molecule has 258 valence electrons. The van der Waals surface area contributed by atoms with E-state index in [-0.39, 0.29) is 33.0 Å². The number of hydrogen-bond acceptors (Lipinski definition) is 6. The average molecular weight is 676 g/mol. The maximum atomic E-state index is 14.3. The number of hydrogen-bond donors (Lipinski definition) is 0. The largest absolute Gasteiger partial charge is 0.347 e. The van der Waals surface area contributed by atoms with Crippen LogP contribution >= 0.6 is 0 Å². The van der Waals surface area contributed by atoms with Gasteiger partial charge in [0.15, 0.2) is 0 Å². The Morgan fingerprint density at radius 1 is 0.392 bits per heavy atom. The molecule has 0 aromatic heterocycles. The molecule has 0 N–H and O–H groups in total. The van der Waals surface area contributed by atoms with Gasteiger partial charge in [-0.2, -0.15) is 0 Å². The predicted molar refractivity (Wildman–Crippen MR) is 207 cm³/mol. The molecular weight excluding hydrogens is 631 g/mol. The van der Waals surface area contributed by atoms with Crippen LogP contribution in [-0.4, -0.2) is 38.5 Å². The molecule has 1 fully saturated rings. The van der Waals surface area contributed by atoms with Crippen molar-refractivity contribution in [2.75, 3.05) is 35.8 Å². The van der Waals surface area contributed by atoms with Crippen LogP contribution in [0, 0.1) is 0 Å². The summed E-state index contributed by atoms with van der Waals surface area (Å²) in [5, 5.41) is 0. The Labute approximate surface area is 301 Å². The minimum Gasteiger partial charge on any atom is -0.347 e. The molecule has 51 heavy (non-hydrogen) atoms. The molecule has 3 aromatic carbocycles. The third-order valence-electron chi connectivity index (χ3n) is 11.5. The molecule has 3 heterocycles. The fourth-order valence-corrected chi connectivity index (χ4v) is 8.59. The minimum absolute atomic E-state index is 0.0267. The molecule has 1 saturated carbocycles. The summed E-state index contributed by atoms with van der Waals surface area (Å²) in [5.74, 6) is -1.71. The third kappa shape index (κ3) is 5.03. The van der Waals surface area contributed by atoms with Gasteiger partial charge < -0.3 is 14.7 Å². The Morgan fingerprint density at radius 2 is 0.627 bits per heavy atom. The number of anilines is 3. The van der Waals surface area contributed by atoms with Crippen molar-refractivity contribution in [2.45, 2.75) is 57.8 Å². The van der Waals surface area contributed by atoms with Crippen molar-refractivity contribution in [1.82, 2.24) is 0 Å². The van der Waals surface area contributed by atoms with Crippen LogP contribution < -0.4 is 14.7 Å². The zero-order valence-corrected chi connectivity index (χ0v) is 31.0. The molecule has 3 aliphatic heterocycles. The van der Waals surface area contributed by atoms with Crippen molar-refractivity contribution in [3.05, 3.63) is 160 Å². The standard InChI is InChI=1S/C45H45N3O3/c1-43(2)31-16-10-13-19-34(31)46(7)37(43)25-22-28-40(49)29(23-26-38-44(3,4)32-17-11-14-20-35(32)47(38)8)42(51)30(41(28)50)24-27-39-45(5,6)33-18-12-15-21-36(33)48(39)9/h10-27H,1-9H3/b28-22?,29-23?,30-24?,37-25+,38-26+,39-27+. The number of carbonyl (C=O) groups is 3. The monoisotopic (exact) mass is 675 g/mol. The first kappa shape index (κ1) is 34.0. The van der Waals surface area contributed by atoms with E-state index in [0.29, 0.717) is 0 Å². The van der Waals surface area contributed by atoms with E-state index in [4.69, 9.17) is 0 Å². The summed E-state index contributed by atoms with van der Waals surface area (Å²) in [4.78, 5) is 49.1. The number of ketones is 3. The normalized spacial score (nSPS) is 22.3. The highest BCUT2D eigenvalue weighted by molar-refractivity contribution is 6.52. The van der Waals surface area contributed by atoms with Crippen LogP contribution in [0.5, 0.6) is 0 Å². The molecule has 0 radical (unpaired) electrons. The van der Waals surface area contributed by atoms with Gasteiger partial charge in [-0.15, -0.1) is 0 Å². The Kier molecular flexibility index (Phi) is 7.86. The molecule has 3 aromatic rings. The molecule has 0 unspecified atom stereocenters. The number of Topliss-reactive ketones (excluding diaryl/α,β-unsaturated/α-hetero) is 3. The number of nitrogens with zero attached hydrogens (tertiary/aromatic N) is 3. The van der Waals surface area contributed by atoms with Crippen LogP contribution in [0.15, 0.2) is 143 Å². The van der Waals surface area contributed by atoms with Crippen molar-refractivity contribution in [1.29, 1.82) is 0 Å². The van der Waals surface area contributed by atoms with E-state index in [0.717, 1.165) is 34.2 Å². The van der Waals surface area contributed by atoms with E-state index in [9.17, 15) is 14.4 Å². The van der Waals surface area contributed by atoms with Gasteiger partial charge in [0.2, 0.25) is 17.3 Å². The molecule has 0 bridgehead atoms. The highest BCUT2D eigenvalue weighted by Gasteiger charge is 2.42. The number of fused-ring (bicyclic) bond motifs is 3. The summed E-state index contributed by atoms with van der Waals surface area (Å²) >= 11 is 0. The molecule has 1 aliphatic carbocycles. The lowest BCUT2D eigenvalue weighted by atomic mass is 9.80. The zero-order chi connectivity index (χ0) is 36.6. The fraction of sp³-hybridized carbons (Fsp3) is 0.267. The molecule has 0 spiro atoms. The number of likely N-dealkylation sites (N-methyl/N-ethyl adjacent to an activating group) is 3. The maximum Gasteiger partial charge on any atom is 0.200 e. The van der Waals surface area contributed by atoms with E-state index in [1.807, 2.05) is 75.8 Å². The van der Waals surface area contributed by atoms with Crippen LogP contribution in [0.4, 0.5) is 17.1 Å². The lowest BCUT2D eigenvalue weighted by Crippen LogP contribution is -2.32. The molecular formula is C45H45N3O3. The molecule has 0 atom stereocenters. The van der Waals surface area contributed by atoms with Crippen molar-refractivity contribution in [3.8, 4) is 0 Å². The van der Waals surface area contributed by atoms with Crippen molar-refractivity contribution in [2.24, 2.45) is 0 Å². The number of allylic oxidation sites excluding steroid dienone is 12. The maximum absolute atomic E-state index is 14.3. The molecule has 7 rings (SSSR count). The van der Waals surface area contributed by atoms with Gasteiger partial charge in [0.1, 0.15) is 0 Å². The Hall–Kier alpha value is -5.49. The first-order valence-corrected chi connectivity index (χ1v) is 17.5. The first-order valence-electron chi connectivity index (χ1n) is 17.5. The second kappa shape index (κ2) is 11.8. The number of rotatable bonds is 3. The van der Waals surface area contributed by atoms with Crippen LogP contribution in [-0.2, 0) is 30.6 Å². The van der Waals surface area contributed by atoms with Crippen molar-refractivity contribution in [3.63, 3.8) is 0 Å². The van der Waals surface area contributed by atoms with Gasteiger partial charge >= 0.3 is 0 Å². The second-order valence-electron chi connectivity index (χ2n) is 15.5. The highest BCUT2D eigenvalue weighted by Crippen LogP contribution is 2.49. The third-order valence-corrected chi connectivity index (χ3v) is 11.5.